The first kappa shape index (κ1) is 17.7. The van der Waals surface area contributed by atoms with Crippen LogP contribution in [0, 0.1) is 10.1 Å². The van der Waals surface area contributed by atoms with Crippen LogP contribution < -0.4 is 5.32 Å². The highest BCUT2D eigenvalue weighted by Gasteiger charge is 2.20. The van der Waals surface area contributed by atoms with E-state index >= 15 is 0 Å². The molecule has 8 heteroatoms. The van der Waals surface area contributed by atoms with Crippen molar-refractivity contribution in [1.82, 2.24) is 15.1 Å². The zero-order chi connectivity index (χ0) is 17.5. The molecule has 0 atom stereocenters. The second-order valence-corrected chi connectivity index (χ2v) is 5.59. The van der Waals surface area contributed by atoms with E-state index in [0.29, 0.717) is 19.6 Å². The summed E-state index contributed by atoms with van der Waals surface area (Å²) in [4.78, 5) is 30.4. The Kier molecular flexibility index (Phi) is 6.11. The van der Waals surface area contributed by atoms with Crippen LogP contribution in [0.3, 0.4) is 0 Å². The summed E-state index contributed by atoms with van der Waals surface area (Å²) in [5.74, 6) is 0.861. The molecule has 1 aliphatic heterocycles. The molecular formula is C16H23N5O3. The molecule has 1 saturated heterocycles. The minimum atomic E-state index is -0.403. The van der Waals surface area contributed by atoms with Gasteiger partial charge in [0.1, 0.15) is 0 Å². The normalized spacial score (nSPS) is 15.3. The predicted molar refractivity (Wildman–Crippen MR) is 91.7 cm³/mol. The molecule has 0 bridgehead atoms. The maximum atomic E-state index is 11.4. The molecule has 1 aromatic rings. The minimum Gasteiger partial charge on any atom is -0.357 e. The third-order valence-electron chi connectivity index (χ3n) is 3.89. The van der Waals surface area contributed by atoms with E-state index in [-0.39, 0.29) is 11.6 Å². The number of hydrogen-bond donors (Lipinski definition) is 1. The molecule has 1 aliphatic rings. The Hall–Kier alpha value is -2.64. The fourth-order valence-corrected chi connectivity index (χ4v) is 2.59. The smallest absolute Gasteiger partial charge is 0.269 e. The van der Waals surface area contributed by atoms with Crippen molar-refractivity contribution < 1.29 is 9.72 Å². The Balaban J connectivity index is 2.04. The quantitative estimate of drug-likeness (QED) is 0.387. The Morgan fingerprint density at radius 1 is 1.29 bits per heavy atom. The maximum absolute atomic E-state index is 11.4. The van der Waals surface area contributed by atoms with E-state index in [9.17, 15) is 14.9 Å². The summed E-state index contributed by atoms with van der Waals surface area (Å²) >= 11 is 0. The number of carbonyl (C=O) groups is 1. The second kappa shape index (κ2) is 8.28. The minimum absolute atomic E-state index is 0.0720. The van der Waals surface area contributed by atoms with Gasteiger partial charge in [-0.3, -0.25) is 14.9 Å². The van der Waals surface area contributed by atoms with Crippen LogP contribution >= 0.6 is 0 Å². The van der Waals surface area contributed by atoms with E-state index in [4.69, 9.17) is 0 Å². The topological polar surface area (TPSA) is 91.1 Å². The number of benzene rings is 1. The summed E-state index contributed by atoms with van der Waals surface area (Å²) in [6.07, 6.45) is 0. The zero-order valence-electron chi connectivity index (χ0n) is 14.1. The highest BCUT2D eigenvalue weighted by molar-refractivity contribution is 5.80. The van der Waals surface area contributed by atoms with Crippen LogP contribution in [0.15, 0.2) is 29.3 Å². The molecule has 1 aromatic carbocycles. The number of nitrogens with one attached hydrogen (secondary N) is 1. The Labute approximate surface area is 141 Å². The number of piperazine rings is 1. The number of hydrogen-bond acceptors (Lipinski definition) is 4. The van der Waals surface area contributed by atoms with Gasteiger partial charge in [0.05, 0.1) is 11.5 Å². The average molecular weight is 333 g/mol. The van der Waals surface area contributed by atoms with Gasteiger partial charge in [0.2, 0.25) is 5.91 Å². The van der Waals surface area contributed by atoms with Crippen molar-refractivity contribution in [2.24, 2.45) is 4.99 Å². The van der Waals surface area contributed by atoms with Gasteiger partial charge in [0, 0.05) is 51.8 Å². The summed E-state index contributed by atoms with van der Waals surface area (Å²) in [6, 6.07) is 6.51. The van der Waals surface area contributed by atoms with Crippen LogP contribution in [0.5, 0.6) is 0 Å². The average Bonchev–Trinajstić information content (AvgIpc) is 2.59. The lowest BCUT2D eigenvalue weighted by Gasteiger charge is -2.36. The Bertz CT molecular complexity index is 624. The van der Waals surface area contributed by atoms with Gasteiger partial charge in [-0.2, -0.15) is 0 Å². The van der Waals surface area contributed by atoms with Crippen molar-refractivity contribution >= 4 is 17.6 Å². The van der Waals surface area contributed by atoms with E-state index in [1.54, 1.807) is 19.1 Å². The molecule has 0 aromatic heterocycles. The van der Waals surface area contributed by atoms with Gasteiger partial charge in [-0.25, -0.2) is 4.99 Å². The number of nitro groups is 1. The fraction of sp³-hybridized carbons (Fsp3) is 0.500. The molecule has 1 heterocycles. The van der Waals surface area contributed by atoms with Crippen LogP contribution in [-0.2, 0) is 11.3 Å². The summed E-state index contributed by atoms with van der Waals surface area (Å²) in [5.41, 5.74) is 0.866. The van der Waals surface area contributed by atoms with Crippen molar-refractivity contribution in [3.05, 3.63) is 39.9 Å². The number of amides is 1. The van der Waals surface area contributed by atoms with Crippen molar-refractivity contribution in [2.75, 3.05) is 32.7 Å². The molecule has 0 aliphatic carbocycles. The first-order valence-corrected chi connectivity index (χ1v) is 8.03. The molecule has 0 saturated carbocycles. The van der Waals surface area contributed by atoms with Crippen LogP contribution in [0.25, 0.3) is 0 Å². The van der Waals surface area contributed by atoms with Crippen molar-refractivity contribution in [2.45, 2.75) is 20.4 Å². The van der Waals surface area contributed by atoms with E-state index in [1.165, 1.54) is 6.07 Å². The number of aliphatic imine (C=N–C) groups is 1. The van der Waals surface area contributed by atoms with Crippen molar-refractivity contribution in [3.63, 3.8) is 0 Å². The monoisotopic (exact) mass is 333 g/mol. The lowest BCUT2D eigenvalue weighted by molar-refractivity contribution is -0.384. The first-order chi connectivity index (χ1) is 11.5. The summed E-state index contributed by atoms with van der Waals surface area (Å²) in [7, 11) is 0. The summed E-state index contributed by atoms with van der Waals surface area (Å²) in [5, 5.41) is 14.1. The van der Waals surface area contributed by atoms with Gasteiger partial charge >= 0.3 is 0 Å². The third kappa shape index (κ3) is 4.68. The van der Waals surface area contributed by atoms with Crippen LogP contribution in [0.2, 0.25) is 0 Å². The number of guanidine groups is 1. The van der Waals surface area contributed by atoms with Gasteiger partial charge in [0.15, 0.2) is 5.96 Å². The van der Waals surface area contributed by atoms with Crippen LogP contribution in [-0.4, -0.2) is 59.3 Å². The van der Waals surface area contributed by atoms with Gasteiger partial charge in [0.25, 0.3) is 5.69 Å². The van der Waals surface area contributed by atoms with E-state index in [1.807, 2.05) is 17.9 Å². The Morgan fingerprint density at radius 2 is 1.96 bits per heavy atom. The van der Waals surface area contributed by atoms with Crippen molar-refractivity contribution in [1.29, 1.82) is 0 Å². The number of nitrogens with zero attached hydrogens (tertiary/aromatic N) is 4. The van der Waals surface area contributed by atoms with Gasteiger partial charge in [-0.05, 0) is 12.5 Å². The van der Waals surface area contributed by atoms with Gasteiger partial charge < -0.3 is 15.1 Å². The Morgan fingerprint density at radius 3 is 2.54 bits per heavy atom. The highest BCUT2D eigenvalue weighted by Crippen LogP contribution is 2.14. The number of carbonyl (C=O) groups excluding carboxylic acids is 1. The first-order valence-electron chi connectivity index (χ1n) is 8.03. The molecule has 0 spiro atoms. The lowest BCUT2D eigenvalue weighted by Crippen LogP contribution is -2.53. The molecule has 8 nitrogen and oxygen atoms in total. The van der Waals surface area contributed by atoms with Crippen molar-refractivity contribution in [3.8, 4) is 0 Å². The standard InChI is InChI=1S/C16H23N5O3/c1-3-17-16(20-9-7-19(8-10-20)13(2)22)18-12-14-5-4-6-15(11-14)21(23)24/h4-6,11H,3,7-10,12H2,1-2H3,(H,17,18). The molecule has 0 unspecified atom stereocenters. The molecule has 1 N–H and O–H groups in total. The fourth-order valence-electron chi connectivity index (χ4n) is 2.59. The molecule has 0 radical (unpaired) electrons. The molecule has 24 heavy (non-hydrogen) atoms. The lowest BCUT2D eigenvalue weighted by atomic mass is 10.2. The van der Waals surface area contributed by atoms with E-state index < -0.39 is 4.92 Å². The van der Waals surface area contributed by atoms with Gasteiger partial charge in [-0.15, -0.1) is 0 Å². The van der Waals surface area contributed by atoms with Gasteiger partial charge in [-0.1, -0.05) is 12.1 Å². The predicted octanol–water partition coefficient (Wildman–Crippen LogP) is 1.22. The second-order valence-electron chi connectivity index (χ2n) is 5.59. The molecular weight excluding hydrogens is 310 g/mol. The third-order valence-corrected chi connectivity index (χ3v) is 3.89. The molecule has 130 valence electrons. The number of rotatable bonds is 4. The highest BCUT2D eigenvalue weighted by atomic mass is 16.6. The maximum Gasteiger partial charge on any atom is 0.269 e. The van der Waals surface area contributed by atoms with Crippen LogP contribution in [0.4, 0.5) is 5.69 Å². The summed E-state index contributed by atoms with van der Waals surface area (Å²) < 4.78 is 0. The number of nitro benzene ring substituents is 1. The molecule has 1 fully saturated rings. The van der Waals surface area contributed by atoms with E-state index in [0.717, 1.165) is 31.2 Å². The number of non-ortho nitro benzene ring substituents is 1. The van der Waals surface area contributed by atoms with Crippen LogP contribution in [0.1, 0.15) is 19.4 Å². The molecule has 2 rings (SSSR count). The largest absolute Gasteiger partial charge is 0.357 e. The molecule has 1 amide bonds. The zero-order valence-corrected chi connectivity index (χ0v) is 14.1. The summed E-state index contributed by atoms with van der Waals surface area (Å²) in [6.45, 7) is 7.48. The SMILES string of the molecule is CCNC(=NCc1cccc([N+](=O)[O-])c1)N1CCN(C(C)=O)CC1. The van der Waals surface area contributed by atoms with E-state index in [2.05, 4.69) is 15.2 Å².